The molecule has 1 saturated heterocycles. The van der Waals surface area contributed by atoms with E-state index in [-0.39, 0.29) is 19.4 Å². The number of amides is 1. The molecule has 1 heterocycles. The van der Waals surface area contributed by atoms with Crippen LogP contribution in [0.4, 0.5) is 0 Å². The molecule has 0 saturated carbocycles. The normalized spacial score (nSPS) is 19.1. The SMILES string of the molecule is CCCCC/C=C\C/C=C\C/C=C\C/C=C\CCCCCCCCCCCC(=O)OC1C(OCC(NC(=O)C(O)CCCC/C=C\C/C=C\C/C=C\C/C=C\CCCCC)C(O)/C=C/CCCCCCCCCCCCC)OC(CO)C(O)C1O. The van der Waals surface area contributed by atoms with E-state index in [9.17, 15) is 35.1 Å². The van der Waals surface area contributed by atoms with Crippen LogP contribution in [0.15, 0.2) is 109 Å². The lowest BCUT2D eigenvalue weighted by atomic mass is 9.99. The largest absolute Gasteiger partial charge is 0.454 e. The van der Waals surface area contributed by atoms with Crippen LogP contribution in [-0.4, -0.2) is 99.6 Å². The Labute approximate surface area is 519 Å². The highest BCUT2D eigenvalue weighted by molar-refractivity contribution is 5.80. The molecular formula is C74H127NO10. The van der Waals surface area contributed by atoms with Crippen LogP contribution in [-0.2, 0) is 23.8 Å². The highest BCUT2D eigenvalue weighted by atomic mass is 16.7. The molecule has 1 amide bonds. The zero-order valence-electron chi connectivity index (χ0n) is 54.2. The van der Waals surface area contributed by atoms with Crippen molar-refractivity contribution < 1.29 is 49.3 Å². The maximum Gasteiger partial charge on any atom is 0.306 e. The van der Waals surface area contributed by atoms with E-state index in [1.54, 1.807) is 6.08 Å². The van der Waals surface area contributed by atoms with E-state index in [2.05, 4.69) is 123 Å². The summed E-state index contributed by atoms with van der Waals surface area (Å²) in [5, 5.41) is 57.2. The Kier molecular flexibility index (Phi) is 56.6. The van der Waals surface area contributed by atoms with Gasteiger partial charge in [0.15, 0.2) is 12.4 Å². The van der Waals surface area contributed by atoms with Gasteiger partial charge in [-0.1, -0.05) is 271 Å². The van der Waals surface area contributed by atoms with E-state index in [0.717, 1.165) is 116 Å². The Morgan fingerprint density at radius 1 is 0.459 bits per heavy atom. The fourth-order valence-corrected chi connectivity index (χ4v) is 10.1. The Bertz CT molecular complexity index is 1800. The van der Waals surface area contributed by atoms with Crippen LogP contribution in [0.1, 0.15) is 284 Å². The first kappa shape index (κ1) is 79.3. The van der Waals surface area contributed by atoms with Crippen molar-refractivity contribution >= 4 is 11.9 Å². The lowest BCUT2D eigenvalue weighted by Crippen LogP contribution is -2.61. The summed E-state index contributed by atoms with van der Waals surface area (Å²) in [6.07, 6.45) is 72.6. The van der Waals surface area contributed by atoms with E-state index < -0.39 is 67.4 Å². The Balaban J connectivity index is 2.64. The molecule has 11 nitrogen and oxygen atoms in total. The maximum atomic E-state index is 13.5. The van der Waals surface area contributed by atoms with E-state index in [1.165, 1.54) is 122 Å². The van der Waals surface area contributed by atoms with Gasteiger partial charge in [-0.25, -0.2) is 0 Å². The molecule has 1 aliphatic rings. The molecule has 85 heavy (non-hydrogen) atoms. The number of aliphatic hydroxyl groups excluding tert-OH is 5. The maximum absolute atomic E-state index is 13.5. The number of aliphatic hydroxyl groups is 5. The summed E-state index contributed by atoms with van der Waals surface area (Å²) in [5.41, 5.74) is 0. The fraction of sp³-hybridized carbons (Fsp3) is 0.730. The molecule has 8 atom stereocenters. The fourth-order valence-electron chi connectivity index (χ4n) is 10.1. The van der Waals surface area contributed by atoms with Gasteiger partial charge in [0.25, 0.3) is 0 Å². The van der Waals surface area contributed by atoms with Gasteiger partial charge in [-0.3, -0.25) is 9.59 Å². The minimum absolute atomic E-state index is 0.107. The Morgan fingerprint density at radius 2 is 0.812 bits per heavy atom. The van der Waals surface area contributed by atoms with Gasteiger partial charge < -0.3 is 45.1 Å². The van der Waals surface area contributed by atoms with E-state index in [0.29, 0.717) is 12.8 Å². The van der Waals surface area contributed by atoms with Gasteiger partial charge in [-0.15, -0.1) is 0 Å². The van der Waals surface area contributed by atoms with Crippen molar-refractivity contribution in [1.29, 1.82) is 0 Å². The second-order valence-corrected chi connectivity index (χ2v) is 23.6. The van der Waals surface area contributed by atoms with Crippen molar-refractivity contribution in [2.75, 3.05) is 13.2 Å². The number of hydrogen-bond acceptors (Lipinski definition) is 10. The van der Waals surface area contributed by atoms with Crippen LogP contribution < -0.4 is 5.32 Å². The molecular weight excluding hydrogens is 1060 g/mol. The predicted octanol–water partition coefficient (Wildman–Crippen LogP) is 17.6. The molecule has 0 spiro atoms. The average Bonchev–Trinajstić information content (AvgIpc) is 3.34. The summed E-state index contributed by atoms with van der Waals surface area (Å²) >= 11 is 0. The molecule has 8 unspecified atom stereocenters. The number of carbonyl (C=O) groups excluding carboxylic acids is 2. The standard InChI is InChI=1S/C74H127NO10/c1-4-7-10-13-16-19-22-25-27-29-31-32-33-34-35-36-37-39-41-44-47-50-53-56-59-62-69(79)85-72-71(81)70(80)68(63-76)84-74(72)83-64-65(66(77)60-57-54-51-48-45-42-24-21-18-15-12-9-6-3)75-73(82)67(78)61-58-55-52-49-46-43-40-38-30-28-26-23-20-17-14-11-8-5-2/h16-17,19-20,25-28,31-32,34-35,38,40,46,49,57,60,65-68,70-72,74,76-78,80-81H,4-15,18,21-24,29-30,33,36-37,39,41-45,47-48,50-56,58-59,61-64H2,1-3H3,(H,75,82)/b19-16-,20-17-,27-25-,28-26-,32-31-,35-34-,40-38-,49-46-,60-57+. The van der Waals surface area contributed by atoms with Crippen molar-refractivity contribution in [1.82, 2.24) is 5.32 Å². The second-order valence-electron chi connectivity index (χ2n) is 23.6. The molecule has 0 aromatic carbocycles. The summed E-state index contributed by atoms with van der Waals surface area (Å²) in [6, 6.07) is -1.05. The first-order valence-corrected chi connectivity index (χ1v) is 34.7. The number of esters is 1. The van der Waals surface area contributed by atoms with Crippen LogP contribution in [0.25, 0.3) is 0 Å². The van der Waals surface area contributed by atoms with Crippen LogP contribution in [0.3, 0.4) is 0 Å². The molecule has 0 aromatic rings. The number of hydrogen-bond donors (Lipinski definition) is 6. The minimum Gasteiger partial charge on any atom is -0.454 e. The Hall–Kier alpha value is -3.68. The third-order valence-corrected chi connectivity index (χ3v) is 15.6. The topological polar surface area (TPSA) is 175 Å². The van der Waals surface area contributed by atoms with Crippen LogP contribution in [0.2, 0.25) is 0 Å². The van der Waals surface area contributed by atoms with Crippen LogP contribution in [0.5, 0.6) is 0 Å². The van der Waals surface area contributed by atoms with Crippen LogP contribution >= 0.6 is 0 Å². The molecule has 6 N–H and O–H groups in total. The van der Waals surface area contributed by atoms with Crippen LogP contribution in [0, 0.1) is 0 Å². The molecule has 0 bridgehead atoms. The summed E-state index contributed by atoms with van der Waals surface area (Å²) < 4.78 is 17.7. The summed E-state index contributed by atoms with van der Waals surface area (Å²) in [7, 11) is 0. The number of rotatable bonds is 58. The second kappa shape index (κ2) is 60.6. The molecule has 1 rings (SSSR count). The van der Waals surface area contributed by atoms with Gasteiger partial charge in [0.1, 0.15) is 24.4 Å². The molecule has 11 heteroatoms. The molecule has 1 aliphatic heterocycles. The molecule has 0 aromatic heterocycles. The number of unbranched alkanes of at least 4 members (excludes halogenated alkanes) is 28. The highest BCUT2D eigenvalue weighted by Gasteiger charge is 2.47. The molecule has 488 valence electrons. The summed E-state index contributed by atoms with van der Waals surface area (Å²) in [6.45, 7) is 5.72. The quantitative estimate of drug-likeness (QED) is 0.0195. The van der Waals surface area contributed by atoms with E-state index in [1.807, 2.05) is 6.08 Å². The highest BCUT2D eigenvalue weighted by Crippen LogP contribution is 2.26. The van der Waals surface area contributed by atoms with Crippen molar-refractivity contribution in [3.63, 3.8) is 0 Å². The predicted molar refractivity (Wildman–Crippen MR) is 356 cm³/mol. The number of ether oxygens (including phenoxy) is 3. The first-order chi connectivity index (χ1) is 41.7. The molecule has 0 radical (unpaired) electrons. The zero-order valence-corrected chi connectivity index (χ0v) is 54.2. The number of carbonyl (C=O) groups is 2. The minimum atomic E-state index is -1.63. The monoisotopic (exact) mass is 1190 g/mol. The van der Waals surface area contributed by atoms with Crippen molar-refractivity contribution in [2.45, 2.75) is 333 Å². The third kappa shape index (κ3) is 48.0. The lowest BCUT2D eigenvalue weighted by molar-refractivity contribution is -0.305. The van der Waals surface area contributed by atoms with Gasteiger partial charge in [0.05, 0.1) is 25.4 Å². The average molecular weight is 1190 g/mol. The third-order valence-electron chi connectivity index (χ3n) is 15.6. The van der Waals surface area contributed by atoms with Gasteiger partial charge in [0, 0.05) is 6.42 Å². The van der Waals surface area contributed by atoms with Gasteiger partial charge >= 0.3 is 5.97 Å². The lowest BCUT2D eigenvalue weighted by Gasteiger charge is -2.41. The summed E-state index contributed by atoms with van der Waals surface area (Å²) in [4.78, 5) is 26.7. The van der Waals surface area contributed by atoms with Gasteiger partial charge in [0.2, 0.25) is 5.91 Å². The molecule has 1 fully saturated rings. The van der Waals surface area contributed by atoms with Gasteiger partial charge in [-0.05, 0) is 116 Å². The smallest absolute Gasteiger partial charge is 0.306 e. The van der Waals surface area contributed by atoms with Crippen molar-refractivity contribution in [3.8, 4) is 0 Å². The summed E-state index contributed by atoms with van der Waals surface area (Å²) in [5.74, 6) is -1.24. The number of nitrogens with one attached hydrogen (secondary N) is 1. The van der Waals surface area contributed by atoms with Gasteiger partial charge in [-0.2, -0.15) is 0 Å². The van der Waals surface area contributed by atoms with E-state index >= 15 is 0 Å². The van der Waals surface area contributed by atoms with Crippen molar-refractivity contribution in [3.05, 3.63) is 109 Å². The van der Waals surface area contributed by atoms with Crippen molar-refractivity contribution in [2.24, 2.45) is 0 Å². The first-order valence-electron chi connectivity index (χ1n) is 34.7. The Morgan fingerprint density at radius 3 is 1.24 bits per heavy atom. The molecule has 0 aliphatic carbocycles. The number of allylic oxidation sites excluding steroid dienone is 17. The van der Waals surface area contributed by atoms with E-state index in [4.69, 9.17) is 14.2 Å². The zero-order chi connectivity index (χ0) is 61.7.